The van der Waals surface area contributed by atoms with Crippen molar-refractivity contribution in [3.05, 3.63) is 29.8 Å². The zero-order chi connectivity index (χ0) is 15.2. The van der Waals surface area contributed by atoms with Gasteiger partial charge in [-0.15, -0.1) is 0 Å². The van der Waals surface area contributed by atoms with Crippen LogP contribution < -0.4 is 10.0 Å². The van der Waals surface area contributed by atoms with Crippen molar-refractivity contribution >= 4 is 10.0 Å². The summed E-state index contributed by atoms with van der Waals surface area (Å²) in [7, 11) is -1.66. The summed E-state index contributed by atoms with van der Waals surface area (Å²) in [6, 6.07) is 7.06. The number of sulfonamides is 1. The highest BCUT2D eigenvalue weighted by Crippen LogP contribution is 2.19. The Balaban J connectivity index is 2.99. The maximum atomic E-state index is 12.5. The van der Waals surface area contributed by atoms with Crippen molar-refractivity contribution in [3.63, 3.8) is 0 Å². The van der Waals surface area contributed by atoms with Crippen LogP contribution in [0.2, 0.25) is 0 Å². The predicted octanol–water partition coefficient (Wildman–Crippen LogP) is 2.51. The van der Waals surface area contributed by atoms with Gasteiger partial charge in [0, 0.05) is 12.6 Å². The molecule has 2 N–H and O–H groups in total. The van der Waals surface area contributed by atoms with Gasteiger partial charge in [-0.2, -0.15) is 0 Å². The third-order valence-electron chi connectivity index (χ3n) is 3.73. The van der Waals surface area contributed by atoms with E-state index in [1.165, 1.54) is 0 Å². The van der Waals surface area contributed by atoms with Crippen molar-refractivity contribution < 1.29 is 8.42 Å². The molecule has 1 atom stereocenters. The van der Waals surface area contributed by atoms with Gasteiger partial charge < -0.3 is 5.32 Å². The number of rotatable bonds is 8. The average molecular weight is 298 g/mol. The van der Waals surface area contributed by atoms with E-state index in [0.29, 0.717) is 17.4 Å². The largest absolute Gasteiger partial charge is 0.316 e. The molecule has 0 aliphatic heterocycles. The maximum absolute atomic E-state index is 12.5. The normalized spacial score (nSPS) is 13.7. The summed E-state index contributed by atoms with van der Waals surface area (Å²) >= 11 is 0. The Labute approximate surface area is 123 Å². The number of nitrogens with one attached hydrogen (secondary N) is 2. The second-order valence-corrected chi connectivity index (χ2v) is 6.81. The second-order valence-electron chi connectivity index (χ2n) is 5.12. The summed E-state index contributed by atoms with van der Waals surface area (Å²) in [5.41, 5.74) is 0.791. The second kappa shape index (κ2) is 7.76. The molecule has 0 radical (unpaired) electrons. The number of benzene rings is 1. The Morgan fingerprint density at radius 3 is 2.30 bits per heavy atom. The molecule has 0 fully saturated rings. The average Bonchev–Trinajstić information content (AvgIpc) is 2.40. The molecule has 1 unspecified atom stereocenters. The molecule has 0 aliphatic rings. The zero-order valence-electron chi connectivity index (χ0n) is 12.8. The highest BCUT2D eigenvalue weighted by Gasteiger charge is 2.23. The molecule has 0 aliphatic carbocycles. The van der Waals surface area contributed by atoms with Crippen LogP contribution >= 0.6 is 0 Å². The van der Waals surface area contributed by atoms with E-state index in [9.17, 15) is 8.42 Å². The Morgan fingerprint density at radius 2 is 1.75 bits per heavy atom. The summed E-state index contributed by atoms with van der Waals surface area (Å²) in [5, 5.41) is 3.00. The molecule has 0 bridgehead atoms. The third kappa shape index (κ3) is 4.30. The third-order valence-corrected chi connectivity index (χ3v) is 5.39. The van der Waals surface area contributed by atoms with E-state index in [2.05, 4.69) is 23.9 Å². The van der Waals surface area contributed by atoms with Crippen molar-refractivity contribution in [2.75, 3.05) is 7.05 Å². The first-order valence-corrected chi connectivity index (χ1v) is 8.69. The van der Waals surface area contributed by atoms with Crippen molar-refractivity contribution in [1.29, 1.82) is 0 Å². The van der Waals surface area contributed by atoms with Crippen LogP contribution in [0, 0.1) is 5.92 Å². The van der Waals surface area contributed by atoms with E-state index >= 15 is 0 Å². The molecular formula is C15H26N2O2S. The minimum absolute atomic E-state index is 0.0577. The SMILES string of the molecule is CCC(CC)C(C)NS(=O)(=O)c1ccccc1CNC. The lowest BCUT2D eigenvalue weighted by atomic mass is 9.96. The quantitative estimate of drug-likeness (QED) is 0.775. The molecular weight excluding hydrogens is 272 g/mol. The Kier molecular flexibility index (Phi) is 6.65. The van der Waals surface area contributed by atoms with Gasteiger partial charge >= 0.3 is 0 Å². The first-order chi connectivity index (χ1) is 9.46. The molecule has 0 spiro atoms. The van der Waals surface area contributed by atoms with Crippen LogP contribution in [0.3, 0.4) is 0 Å². The fraction of sp³-hybridized carbons (Fsp3) is 0.600. The van der Waals surface area contributed by atoms with Gasteiger partial charge in [0.25, 0.3) is 0 Å². The van der Waals surface area contributed by atoms with Crippen LogP contribution in [0.5, 0.6) is 0 Å². The molecule has 1 rings (SSSR count). The molecule has 0 saturated heterocycles. The Morgan fingerprint density at radius 1 is 1.15 bits per heavy atom. The van der Waals surface area contributed by atoms with E-state index < -0.39 is 10.0 Å². The summed E-state index contributed by atoms with van der Waals surface area (Å²) < 4.78 is 27.9. The molecule has 0 heterocycles. The smallest absolute Gasteiger partial charge is 0.241 e. The lowest BCUT2D eigenvalue weighted by Crippen LogP contribution is -2.38. The van der Waals surface area contributed by atoms with Crippen LogP contribution in [-0.4, -0.2) is 21.5 Å². The van der Waals surface area contributed by atoms with Gasteiger partial charge in [-0.3, -0.25) is 0 Å². The zero-order valence-corrected chi connectivity index (χ0v) is 13.6. The number of hydrogen-bond acceptors (Lipinski definition) is 3. The summed E-state index contributed by atoms with van der Waals surface area (Å²) in [5.74, 6) is 0.362. The van der Waals surface area contributed by atoms with Crippen molar-refractivity contribution in [2.24, 2.45) is 5.92 Å². The summed E-state index contributed by atoms with van der Waals surface area (Å²) in [6.07, 6.45) is 1.94. The lowest BCUT2D eigenvalue weighted by molar-refractivity contribution is 0.390. The topological polar surface area (TPSA) is 58.2 Å². The molecule has 20 heavy (non-hydrogen) atoms. The minimum atomic E-state index is -3.47. The minimum Gasteiger partial charge on any atom is -0.316 e. The fourth-order valence-electron chi connectivity index (χ4n) is 2.50. The predicted molar refractivity (Wildman–Crippen MR) is 83.1 cm³/mol. The van der Waals surface area contributed by atoms with Crippen LogP contribution in [0.15, 0.2) is 29.2 Å². The summed E-state index contributed by atoms with van der Waals surface area (Å²) in [4.78, 5) is 0.368. The molecule has 0 amide bonds. The van der Waals surface area contributed by atoms with Crippen molar-refractivity contribution in [3.8, 4) is 0 Å². The molecule has 0 aromatic heterocycles. The van der Waals surface area contributed by atoms with Gasteiger partial charge in [-0.25, -0.2) is 13.1 Å². The fourth-order valence-corrected chi connectivity index (χ4v) is 4.05. The maximum Gasteiger partial charge on any atom is 0.241 e. The molecule has 0 saturated carbocycles. The first kappa shape index (κ1) is 17.1. The standard InChI is InChI=1S/C15H26N2O2S/c1-5-13(6-2)12(3)17-20(18,19)15-10-8-7-9-14(15)11-16-4/h7-10,12-13,16-17H,5-6,11H2,1-4H3. The molecule has 4 nitrogen and oxygen atoms in total. The van der Waals surface area contributed by atoms with Crippen LogP contribution in [-0.2, 0) is 16.6 Å². The number of hydrogen-bond donors (Lipinski definition) is 2. The van der Waals surface area contributed by atoms with Gasteiger partial charge in [0.15, 0.2) is 0 Å². The van der Waals surface area contributed by atoms with Crippen LogP contribution in [0.1, 0.15) is 39.2 Å². The molecule has 5 heteroatoms. The van der Waals surface area contributed by atoms with Crippen LogP contribution in [0.4, 0.5) is 0 Å². The first-order valence-electron chi connectivity index (χ1n) is 7.21. The molecule has 114 valence electrons. The van der Waals surface area contributed by atoms with E-state index in [0.717, 1.165) is 18.4 Å². The highest BCUT2D eigenvalue weighted by molar-refractivity contribution is 7.89. The molecule has 1 aromatic rings. The van der Waals surface area contributed by atoms with E-state index in [1.807, 2.05) is 26.1 Å². The van der Waals surface area contributed by atoms with Gasteiger partial charge in [0.1, 0.15) is 0 Å². The summed E-state index contributed by atoms with van der Waals surface area (Å²) in [6.45, 7) is 6.66. The van der Waals surface area contributed by atoms with Gasteiger partial charge in [-0.1, -0.05) is 44.9 Å². The van der Waals surface area contributed by atoms with Gasteiger partial charge in [-0.05, 0) is 31.5 Å². The van der Waals surface area contributed by atoms with E-state index in [-0.39, 0.29) is 6.04 Å². The van der Waals surface area contributed by atoms with Crippen molar-refractivity contribution in [2.45, 2.75) is 51.1 Å². The van der Waals surface area contributed by atoms with Gasteiger partial charge in [0.05, 0.1) is 4.90 Å². The van der Waals surface area contributed by atoms with Crippen molar-refractivity contribution in [1.82, 2.24) is 10.0 Å². The Bertz CT molecular complexity index is 510. The lowest BCUT2D eigenvalue weighted by Gasteiger charge is -2.23. The molecule has 1 aromatic carbocycles. The van der Waals surface area contributed by atoms with E-state index in [4.69, 9.17) is 0 Å². The Hall–Kier alpha value is -0.910. The highest BCUT2D eigenvalue weighted by atomic mass is 32.2. The monoisotopic (exact) mass is 298 g/mol. The van der Waals surface area contributed by atoms with E-state index in [1.54, 1.807) is 12.1 Å². The van der Waals surface area contributed by atoms with Crippen LogP contribution in [0.25, 0.3) is 0 Å². The van der Waals surface area contributed by atoms with Gasteiger partial charge in [0.2, 0.25) is 10.0 Å².